The van der Waals surface area contributed by atoms with Crippen LogP contribution in [0, 0.1) is 0 Å². The van der Waals surface area contributed by atoms with Gasteiger partial charge in [-0.15, -0.1) is 11.3 Å². The van der Waals surface area contributed by atoms with Crippen molar-refractivity contribution in [2.75, 3.05) is 5.32 Å². The normalized spacial score (nSPS) is 14.5. The third kappa shape index (κ3) is 4.27. The first kappa shape index (κ1) is 19.5. The smallest absolute Gasteiger partial charge is 0.291 e. The number of benzene rings is 1. The molecule has 0 spiro atoms. The van der Waals surface area contributed by atoms with E-state index in [1.165, 1.54) is 22.5 Å². The van der Waals surface area contributed by atoms with Gasteiger partial charge in [-0.3, -0.25) is 9.59 Å². The lowest BCUT2D eigenvalue weighted by Gasteiger charge is -2.16. The molecule has 5 nitrogen and oxygen atoms in total. The third-order valence-corrected chi connectivity index (χ3v) is 6.47. The van der Waals surface area contributed by atoms with Crippen LogP contribution >= 0.6 is 11.3 Å². The molecular weight excluding hydrogens is 384 g/mol. The Morgan fingerprint density at radius 1 is 1.00 bits per heavy atom. The molecule has 0 bridgehead atoms. The fourth-order valence-corrected chi connectivity index (χ4v) is 5.02. The summed E-state index contributed by atoms with van der Waals surface area (Å²) in [5.41, 5.74) is 2.73. The average Bonchev–Trinajstić information content (AvgIpc) is 3.32. The Bertz CT molecular complexity index is 993. The van der Waals surface area contributed by atoms with Gasteiger partial charge in [0, 0.05) is 4.88 Å². The van der Waals surface area contributed by atoms with E-state index in [2.05, 4.69) is 10.6 Å². The van der Waals surface area contributed by atoms with Crippen LogP contribution in [0.25, 0.3) is 0 Å². The molecular formula is C23H24N2O3S. The van der Waals surface area contributed by atoms with Gasteiger partial charge in [-0.25, -0.2) is 0 Å². The first-order valence-electron chi connectivity index (χ1n) is 9.98. The molecule has 1 aromatic carbocycles. The minimum Gasteiger partial charge on any atom is -0.459 e. The van der Waals surface area contributed by atoms with Crippen LogP contribution in [0.4, 0.5) is 5.00 Å². The largest absolute Gasteiger partial charge is 0.459 e. The summed E-state index contributed by atoms with van der Waals surface area (Å²) in [6.45, 7) is 1.97. The summed E-state index contributed by atoms with van der Waals surface area (Å²) in [7, 11) is 0. The molecule has 0 radical (unpaired) electrons. The molecule has 3 aromatic rings. The van der Waals surface area contributed by atoms with Gasteiger partial charge in [0.1, 0.15) is 5.00 Å². The van der Waals surface area contributed by atoms with Gasteiger partial charge in [0.2, 0.25) is 0 Å². The van der Waals surface area contributed by atoms with Crippen molar-refractivity contribution in [3.8, 4) is 0 Å². The van der Waals surface area contributed by atoms with Gasteiger partial charge in [0.05, 0.1) is 17.9 Å². The van der Waals surface area contributed by atoms with E-state index in [0.717, 1.165) is 43.2 Å². The number of carbonyl (C=O) groups excluding carboxylic acids is 2. The number of hydrogen-bond donors (Lipinski definition) is 2. The van der Waals surface area contributed by atoms with Crippen LogP contribution < -0.4 is 10.6 Å². The van der Waals surface area contributed by atoms with Gasteiger partial charge in [0.25, 0.3) is 11.8 Å². The van der Waals surface area contributed by atoms with Gasteiger partial charge < -0.3 is 15.1 Å². The number of carbonyl (C=O) groups is 2. The zero-order valence-electron chi connectivity index (χ0n) is 16.4. The van der Waals surface area contributed by atoms with E-state index in [9.17, 15) is 9.59 Å². The van der Waals surface area contributed by atoms with Gasteiger partial charge in [-0.1, -0.05) is 36.8 Å². The Balaban J connectivity index is 1.63. The van der Waals surface area contributed by atoms with E-state index < -0.39 is 0 Å². The minimum absolute atomic E-state index is 0.126. The van der Waals surface area contributed by atoms with Crippen molar-refractivity contribution in [2.24, 2.45) is 0 Å². The van der Waals surface area contributed by atoms with Crippen LogP contribution in [0.1, 0.15) is 69.1 Å². The molecule has 4 rings (SSSR count). The fraction of sp³-hybridized carbons (Fsp3) is 0.304. The molecule has 150 valence electrons. The maximum atomic E-state index is 13.3. The summed E-state index contributed by atoms with van der Waals surface area (Å²) in [5, 5.41) is 6.63. The molecule has 0 fully saturated rings. The second-order valence-electron chi connectivity index (χ2n) is 7.31. The molecule has 6 heteroatoms. The molecule has 1 aliphatic rings. The summed E-state index contributed by atoms with van der Waals surface area (Å²) < 4.78 is 5.20. The van der Waals surface area contributed by atoms with E-state index in [1.54, 1.807) is 12.1 Å². The van der Waals surface area contributed by atoms with Gasteiger partial charge >= 0.3 is 0 Å². The molecule has 0 saturated heterocycles. The Labute approximate surface area is 174 Å². The van der Waals surface area contributed by atoms with Crippen molar-refractivity contribution in [3.05, 3.63) is 76.1 Å². The first-order chi connectivity index (χ1) is 14.1. The Hall–Kier alpha value is -2.86. The number of aryl methyl sites for hydroxylation is 1. The molecule has 1 unspecified atom stereocenters. The van der Waals surface area contributed by atoms with Gasteiger partial charge in [-0.05, 0) is 55.9 Å². The predicted octanol–water partition coefficient (Wildman–Crippen LogP) is 5.35. The fourth-order valence-electron chi connectivity index (χ4n) is 3.74. The number of hydrogen-bond acceptors (Lipinski definition) is 4. The second kappa shape index (κ2) is 8.66. The predicted molar refractivity (Wildman–Crippen MR) is 115 cm³/mol. The number of fused-ring (bicyclic) bond motifs is 1. The summed E-state index contributed by atoms with van der Waals surface area (Å²) >= 11 is 1.52. The molecule has 2 N–H and O–H groups in total. The number of anilines is 1. The standard InChI is InChI=1S/C23H24N2O3S/c1-15(16-9-4-2-5-10-16)24-22(27)20-17-11-6-3-7-13-19(17)29-23(20)25-21(26)18-12-8-14-28-18/h2,4-5,8-10,12,14-15H,3,6-7,11,13H2,1H3,(H,24,27)(H,25,26). The molecule has 0 saturated carbocycles. The summed E-state index contributed by atoms with van der Waals surface area (Å²) in [4.78, 5) is 27.0. The zero-order valence-corrected chi connectivity index (χ0v) is 17.2. The van der Waals surface area contributed by atoms with Crippen LogP contribution in [0.2, 0.25) is 0 Å². The third-order valence-electron chi connectivity index (χ3n) is 5.27. The maximum Gasteiger partial charge on any atom is 0.291 e. The highest BCUT2D eigenvalue weighted by molar-refractivity contribution is 7.17. The molecule has 2 amide bonds. The van der Waals surface area contributed by atoms with Gasteiger partial charge in [-0.2, -0.15) is 0 Å². The van der Waals surface area contributed by atoms with E-state index in [4.69, 9.17) is 4.42 Å². The highest BCUT2D eigenvalue weighted by Crippen LogP contribution is 2.38. The maximum absolute atomic E-state index is 13.3. The zero-order chi connectivity index (χ0) is 20.2. The molecule has 1 aliphatic carbocycles. The van der Waals surface area contributed by atoms with E-state index in [0.29, 0.717) is 10.6 Å². The number of thiophene rings is 1. The van der Waals surface area contributed by atoms with Crippen molar-refractivity contribution in [1.82, 2.24) is 5.32 Å². The van der Waals surface area contributed by atoms with Crippen LogP contribution in [-0.2, 0) is 12.8 Å². The van der Waals surface area contributed by atoms with Crippen LogP contribution in [0.15, 0.2) is 53.1 Å². The number of rotatable bonds is 5. The topological polar surface area (TPSA) is 71.3 Å². The molecule has 2 aromatic heterocycles. The highest BCUT2D eigenvalue weighted by Gasteiger charge is 2.27. The van der Waals surface area contributed by atoms with Crippen LogP contribution in [-0.4, -0.2) is 11.8 Å². The van der Waals surface area contributed by atoms with Crippen molar-refractivity contribution in [3.63, 3.8) is 0 Å². The lowest BCUT2D eigenvalue weighted by atomic mass is 10.0. The van der Waals surface area contributed by atoms with Crippen molar-refractivity contribution in [1.29, 1.82) is 0 Å². The molecule has 29 heavy (non-hydrogen) atoms. The summed E-state index contributed by atoms with van der Waals surface area (Å²) in [6, 6.07) is 13.0. The average molecular weight is 409 g/mol. The van der Waals surface area contributed by atoms with E-state index in [1.807, 2.05) is 37.3 Å². The first-order valence-corrected chi connectivity index (χ1v) is 10.8. The van der Waals surface area contributed by atoms with E-state index >= 15 is 0 Å². The SMILES string of the molecule is CC(NC(=O)c1c(NC(=O)c2ccco2)sc2c1CCCCC2)c1ccccc1. The number of nitrogens with one attached hydrogen (secondary N) is 2. The quantitative estimate of drug-likeness (QED) is 0.559. The van der Waals surface area contributed by atoms with Gasteiger partial charge in [0.15, 0.2) is 5.76 Å². The molecule has 2 heterocycles. The minimum atomic E-state index is -0.337. The monoisotopic (exact) mass is 408 g/mol. The van der Waals surface area contributed by atoms with Crippen molar-refractivity contribution >= 4 is 28.2 Å². The highest BCUT2D eigenvalue weighted by atomic mass is 32.1. The lowest BCUT2D eigenvalue weighted by Crippen LogP contribution is -2.28. The number of amides is 2. The Kier molecular flexibility index (Phi) is 5.81. The van der Waals surface area contributed by atoms with Crippen LogP contribution in [0.3, 0.4) is 0 Å². The summed E-state index contributed by atoms with van der Waals surface area (Å²) in [5.74, 6) is -0.246. The molecule has 0 aliphatic heterocycles. The second-order valence-corrected chi connectivity index (χ2v) is 8.41. The Morgan fingerprint density at radius 2 is 1.79 bits per heavy atom. The summed E-state index contributed by atoms with van der Waals surface area (Å²) in [6.07, 6.45) is 6.62. The lowest BCUT2D eigenvalue weighted by molar-refractivity contribution is 0.0940. The molecule has 1 atom stereocenters. The van der Waals surface area contributed by atoms with Crippen molar-refractivity contribution in [2.45, 2.75) is 45.1 Å². The van der Waals surface area contributed by atoms with Crippen molar-refractivity contribution < 1.29 is 14.0 Å². The number of furan rings is 1. The van der Waals surface area contributed by atoms with E-state index in [-0.39, 0.29) is 23.6 Å². The Morgan fingerprint density at radius 3 is 2.55 bits per heavy atom. The van der Waals surface area contributed by atoms with Crippen LogP contribution in [0.5, 0.6) is 0 Å².